The molecule has 1 unspecified atom stereocenters. The Bertz CT molecular complexity index is 656. The molecule has 22 heavy (non-hydrogen) atoms. The van der Waals surface area contributed by atoms with Crippen molar-refractivity contribution in [1.29, 1.82) is 0 Å². The molecule has 0 N–H and O–H groups in total. The summed E-state index contributed by atoms with van der Waals surface area (Å²) in [7, 11) is 6.03. The summed E-state index contributed by atoms with van der Waals surface area (Å²) < 4.78 is 24.8. The molecule has 1 atom stereocenters. The Morgan fingerprint density at radius 2 is 1.64 bits per heavy atom. The van der Waals surface area contributed by atoms with Gasteiger partial charge in [0.2, 0.25) is 0 Å². The maximum absolute atomic E-state index is 14.4. The Balaban J connectivity index is 2.51. The normalized spacial score (nSPS) is 11.0. The molecule has 0 saturated heterocycles. The Labute approximate surface area is 133 Å². The van der Waals surface area contributed by atoms with E-state index in [0.717, 1.165) is 28.4 Å². The second-order valence-electron chi connectivity index (χ2n) is 5.31. The minimum absolute atomic E-state index is 0.209. The molecule has 2 aromatic carbocycles. The molecule has 2 nitrogen and oxygen atoms in total. The van der Waals surface area contributed by atoms with Gasteiger partial charge in [0.1, 0.15) is 5.82 Å². The number of hydrogen-bond donors (Lipinski definition) is 0. The van der Waals surface area contributed by atoms with Crippen molar-refractivity contribution in [3.8, 4) is 11.1 Å². The molecular weight excluding hydrogens is 298 g/mol. The number of aryl methyl sites for hydroxylation is 1. The van der Waals surface area contributed by atoms with Crippen molar-refractivity contribution in [3.05, 3.63) is 58.4 Å². The van der Waals surface area contributed by atoms with Crippen LogP contribution in [0.3, 0.4) is 0 Å². The topological polar surface area (TPSA) is 18.5 Å². The average Bonchev–Trinajstić information content (AvgIpc) is 2.50. The Morgan fingerprint density at radius 1 is 0.955 bits per heavy atom. The molecule has 118 valence electrons. The first kappa shape index (κ1) is 17.1. The highest BCUT2D eigenvalue weighted by molar-refractivity contribution is 7.15. The van der Waals surface area contributed by atoms with E-state index in [9.17, 15) is 4.39 Å². The highest BCUT2D eigenvalue weighted by Crippen LogP contribution is 2.29. The second-order valence-corrected chi connectivity index (χ2v) is 5.72. The van der Waals surface area contributed by atoms with Crippen molar-refractivity contribution in [2.75, 3.05) is 14.2 Å². The van der Waals surface area contributed by atoms with Crippen LogP contribution in [0.25, 0.3) is 11.1 Å². The number of ether oxygens (including phenoxy) is 2. The minimum Gasteiger partial charge on any atom is -0.380 e. The number of halogens is 1. The van der Waals surface area contributed by atoms with E-state index >= 15 is 0 Å². The van der Waals surface area contributed by atoms with E-state index in [4.69, 9.17) is 9.47 Å². The van der Waals surface area contributed by atoms with Crippen LogP contribution in [-0.4, -0.2) is 14.2 Å². The van der Waals surface area contributed by atoms with Gasteiger partial charge in [0, 0.05) is 19.8 Å². The van der Waals surface area contributed by atoms with Gasteiger partial charge in [-0.25, -0.2) is 4.39 Å². The van der Waals surface area contributed by atoms with Crippen LogP contribution < -0.4 is 0 Å². The van der Waals surface area contributed by atoms with Crippen molar-refractivity contribution >= 4 is 9.24 Å². The van der Waals surface area contributed by atoms with Crippen LogP contribution in [0.2, 0.25) is 0 Å². The van der Waals surface area contributed by atoms with Crippen LogP contribution >= 0.6 is 9.24 Å². The van der Waals surface area contributed by atoms with Crippen LogP contribution in [0, 0.1) is 12.7 Å². The van der Waals surface area contributed by atoms with Crippen molar-refractivity contribution < 1.29 is 13.9 Å². The monoisotopic (exact) mass is 320 g/mol. The van der Waals surface area contributed by atoms with Crippen LogP contribution in [0.4, 0.5) is 4.39 Å². The molecule has 0 radical (unpaired) electrons. The number of methoxy groups -OCH3 is 2. The third-order valence-corrected chi connectivity index (χ3v) is 4.20. The first-order valence-electron chi connectivity index (χ1n) is 7.19. The van der Waals surface area contributed by atoms with Gasteiger partial charge in [-0.1, -0.05) is 12.1 Å². The maximum Gasteiger partial charge on any atom is 0.131 e. The molecule has 0 bridgehead atoms. The third-order valence-electron chi connectivity index (χ3n) is 3.76. The van der Waals surface area contributed by atoms with Gasteiger partial charge in [-0.15, -0.1) is 9.24 Å². The lowest BCUT2D eigenvalue weighted by Gasteiger charge is -2.13. The van der Waals surface area contributed by atoms with Gasteiger partial charge in [-0.3, -0.25) is 0 Å². The van der Waals surface area contributed by atoms with Crippen molar-refractivity contribution in [2.45, 2.75) is 26.3 Å². The molecule has 2 rings (SSSR count). The molecule has 0 saturated carbocycles. The minimum atomic E-state index is -0.209. The summed E-state index contributed by atoms with van der Waals surface area (Å²) in [6, 6.07) is 9.45. The quantitative estimate of drug-likeness (QED) is 0.731. The molecule has 0 heterocycles. The SMILES string of the molecule is COCc1cc(-c2ccc(CP)c(COC)c2)c(F)cc1C. The van der Waals surface area contributed by atoms with Gasteiger partial charge >= 0.3 is 0 Å². The zero-order valence-electron chi connectivity index (χ0n) is 13.3. The average molecular weight is 320 g/mol. The van der Waals surface area contributed by atoms with E-state index in [1.54, 1.807) is 20.3 Å². The van der Waals surface area contributed by atoms with Gasteiger partial charge < -0.3 is 9.47 Å². The van der Waals surface area contributed by atoms with Crippen molar-refractivity contribution in [1.82, 2.24) is 0 Å². The van der Waals surface area contributed by atoms with Gasteiger partial charge in [0.25, 0.3) is 0 Å². The van der Waals surface area contributed by atoms with Crippen molar-refractivity contribution in [3.63, 3.8) is 0 Å². The molecule has 0 aromatic heterocycles. The molecule has 0 fully saturated rings. The maximum atomic E-state index is 14.4. The fourth-order valence-electron chi connectivity index (χ4n) is 2.53. The zero-order chi connectivity index (χ0) is 16.1. The van der Waals surface area contributed by atoms with Gasteiger partial charge in [0.05, 0.1) is 13.2 Å². The predicted molar refractivity (Wildman–Crippen MR) is 91.4 cm³/mol. The summed E-state index contributed by atoms with van der Waals surface area (Å²) in [4.78, 5) is 0. The zero-order valence-corrected chi connectivity index (χ0v) is 14.4. The number of benzene rings is 2. The molecule has 0 amide bonds. The van der Waals surface area contributed by atoms with Gasteiger partial charge in [-0.2, -0.15) is 0 Å². The molecule has 2 aromatic rings. The van der Waals surface area contributed by atoms with Gasteiger partial charge in [-0.05, 0) is 59.1 Å². The number of hydrogen-bond acceptors (Lipinski definition) is 2. The van der Waals surface area contributed by atoms with E-state index in [2.05, 4.69) is 9.24 Å². The lowest BCUT2D eigenvalue weighted by atomic mass is 9.96. The standard InChI is InChI=1S/C18H22FO2P/c1-12-6-18(19)17(8-15(12)9-20-2)13-4-5-14(11-22)16(7-13)10-21-3/h4-8H,9-11,22H2,1-3H3. The fraction of sp³-hybridized carbons (Fsp3) is 0.333. The van der Waals surface area contributed by atoms with E-state index < -0.39 is 0 Å². The predicted octanol–water partition coefficient (Wildman–Crippen LogP) is 4.47. The first-order chi connectivity index (χ1) is 10.6. The highest BCUT2D eigenvalue weighted by Gasteiger charge is 2.11. The molecule has 0 spiro atoms. The fourth-order valence-corrected chi connectivity index (χ4v) is 2.93. The number of rotatable bonds is 6. The van der Waals surface area contributed by atoms with Crippen LogP contribution in [-0.2, 0) is 28.8 Å². The Morgan fingerprint density at radius 3 is 2.27 bits per heavy atom. The molecule has 0 aliphatic carbocycles. The van der Waals surface area contributed by atoms with Crippen LogP contribution in [0.5, 0.6) is 0 Å². The largest absolute Gasteiger partial charge is 0.380 e. The lowest BCUT2D eigenvalue weighted by Crippen LogP contribution is -1.98. The van der Waals surface area contributed by atoms with Crippen molar-refractivity contribution in [2.24, 2.45) is 0 Å². The smallest absolute Gasteiger partial charge is 0.131 e. The van der Waals surface area contributed by atoms with E-state index in [-0.39, 0.29) is 5.82 Å². The third kappa shape index (κ3) is 3.73. The summed E-state index contributed by atoms with van der Waals surface area (Å²) >= 11 is 0. The molecule has 0 aliphatic heterocycles. The Hall–Kier alpha value is -1.28. The molecule has 0 aliphatic rings. The van der Waals surface area contributed by atoms with Gasteiger partial charge in [0.15, 0.2) is 0 Å². The summed E-state index contributed by atoms with van der Waals surface area (Å²) in [6.07, 6.45) is 0.851. The summed E-state index contributed by atoms with van der Waals surface area (Å²) in [6.45, 7) is 2.90. The first-order valence-corrected chi connectivity index (χ1v) is 8.01. The van der Waals surface area contributed by atoms with Crippen LogP contribution in [0.1, 0.15) is 22.3 Å². The Kier molecular flexibility index (Phi) is 6.07. The van der Waals surface area contributed by atoms with E-state index in [0.29, 0.717) is 18.8 Å². The van der Waals surface area contributed by atoms with E-state index in [1.807, 2.05) is 31.2 Å². The lowest BCUT2D eigenvalue weighted by molar-refractivity contribution is 0.184. The van der Waals surface area contributed by atoms with E-state index in [1.165, 1.54) is 5.56 Å². The molecule has 4 heteroatoms. The summed E-state index contributed by atoms with van der Waals surface area (Å²) in [5, 5.41) is 0. The highest BCUT2D eigenvalue weighted by atomic mass is 31.0. The summed E-state index contributed by atoms with van der Waals surface area (Å²) in [5.41, 5.74) is 5.65. The van der Waals surface area contributed by atoms with Crippen LogP contribution in [0.15, 0.2) is 30.3 Å². The summed E-state index contributed by atoms with van der Waals surface area (Å²) in [5.74, 6) is -0.209. The molecular formula is C18H22FO2P. The second kappa shape index (κ2) is 7.82.